The maximum atomic E-state index is 8.51. The van der Waals surface area contributed by atoms with Gasteiger partial charge in [-0.25, -0.2) is 0 Å². The fraction of sp³-hybridized carbons (Fsp3) is 0.409. The average Bonchev–Trinajstić information content (AvgIpc) is 3.11. The zero-order valence-electron chi connectivity index (χ0n) is 16.3. The van der Waals surface area contributed by atoms with Gasteiger partial charge in [-0.15, -0.1) is 0 Å². The molecule has 0 spiro atoms. The van der Waals surface area contributed by atoms with Crippen LogP contribution in [0.3, 0.4) is 0 Å². The third-order valence-electron chi connectivity index (χ3n) is 5.24. The van der Waals surface area contributed by atoms with E-state index >= 15 is 0 Å². The fourth-order valence-electron chi connectivity index (χ4n) is 3.58. The molecule has 0 saturated carbocycles. The number of hydrogen-bond acceptors (Lipinski definition) is 5. The van der Waals surface area contributed by atoms with Gasteiger partial charge in [0.1, 0.15) is 0 Å². The second-order valence-electron chi connectivity index (χ2n) is 7.51. The summed E-state index contributed by atoms with van der Waals surface area (Å²) in [5, 5.41) is 15.5. The summed E-state index contributed by atoms with van der Waals surface area (Å²) in [6.07, 6.45) is 10.7. The summed E-state index contributed by atoms with van der Waals surface area (Å²) < 4.78 is 0. The van der Waals surface area contributed by atoms with Gasteiger partial charge in [-0.1, -0.05) is 35.9 Å². The molecule has 0 aromatic heterocycles. The van der Waals surface area contributed by atoms with Crippen molar-refractivity contribution < 1.29 is 0 Å². The van der Waals surface area contributed by atoms with E-state index < -0.39 is 0 Å². The molecule has 5 N–H and O–H groups in total. The molecule has 5 nitrogen and oxygen atoms in total. The number of nitrogens with zero attached hydrogens (tertiary/aromatic N) is 1. The Labute approximate surface area is 162 Å². The molecule has 5 heteroatoms. The Morgan fingerprint density at radius 1 is 1.33 bits per heavy atom. The summed E-state index contributed by atoms with van der Waals surface area (Å²) in [4.78, 5) is 2.34. The Morgan fingerprint density at radius 3 is 2.74 bits per heavy atom. The lowest BCUT2D eigenvalue weighted by atomic mass is 10.0. The molecule has 1 aromatic rings. The number of nitrogens with two attached hydrogens (primary N) is 1. The van der Waals surface area contributed by atoms with Gasteiger partial charge in [0.15, 0.2) is 0 Å². The smallest absolute Gasteiger partial charge is 0.0482 e. The lowest BCUT2D eigenvalue weighted by Crippen LogP contribution is -2.32. The minimum Gasteiger partial charge on any atom is -0.399 e. The number of nitrogen functional groups attached to an aromatic ring is 1. The highest BCUT2D eigenvalue weighted by molar-refractivity contribution is 6.00. The average molecular weight is 366 g/mol. The van der Waals surface area contributed by atoms with Crippen molar-refractivity contribution in [2.45, 2.75) is 31.8 Å². The lowest BCUT2D eigenvalue weighted by Gasteiger charge is -2.22. The third-order valence-corrected chi connectivity index (χ3v) is 5.24. The van der Waals surface area contributed by atoms with Crippen molar-refractivity contribution in [1.82, 2.24) is 15.5 Å². The van der Waals surface area contributed by atoms with Crippen molar-refractivity contribution in [3.05, 3.63) is 59.7 Å². The molecule has 1 saturated heterocycles. The molecule has 1 aromatic carbocycles. The van der Waals surface area contributed by atoms with Crippen molar-refractivity contribution in [1.29, 1.82) is 5.41 Å². The van der Waals surface area contributed by atoms with Crippen molar-refractivity contribution >= 4 is 17.1 Å². The zero-order valence-corrected chi connectivity index (χ0v) is 16.3. The molecule has 27 heavy (non-hydrogen) atoms. The summed E-state index contributed by atoms with van der Waals surface area (Å²) in [6, 6.07) is 8.63. The van der Waals surface area contributed by atoms with Crippen LogP contribution in [0.2, 0.25) is 0 Å². The molecule has 144 valence electrons. The lowest BCUT2D eigenvalue weighted by molar-refractivity contribution is 0.376. The second kappa shape index (κ2) is 9.02. The van der Waals surface area contributed by atoms with Crippen LogP contribution in [-0.4, -0.2) is 49.4 Å². The molecule has 2 unspecified atom stereocenters. The van der Waals surface area contributed by atoms with Gasteiger partial charge < -0.3 is 21.8 Å². The first-order valence-electron chi connectivity index (χ1n) is 9.69. The van der Waals surface area contributed by atoms with Gasteiger partial charge >= 0.3 is 0 Å². The quantitative estimate of drug-likeness (QED) is 0.443. The predicted molar refractivity (Wildman–Crippen MR) is 115 cm³/mol. The van der Waals surface area contributed by atoms with Gasteiger partial charge in [0.05, 0.1) is 0 Å². The molecule has 0 radical (unpaired) electrons. The van der Waals surface area contributed by atoms with Gasteiger partial charge in [0.2, 0.25) is 0 Å². The molecule has 1 aliphatic heterocycles. The Kier molecular flexibility index (Phi) is 6.48. The number of rotatable bonds is 7. The van der Waals surface area contributed by atoms with Gasteiger partial charge in [0, 0.05) is 48.8 Å². The number of allylic oxidation sites excluding steroid dienone is 2. The van der Waals surface area contributed by atoms with E-state index in [0.29, 0.717) is 18.3 Å². The van der Waals surface area contributed by atoms with E-state index in [1.165, 1.54) is 5.57 Å². The van der Waals surface area contributed by atoms with Crippen molar-refractivity contribution in [2.24, 2.45) is 0 Å². The van der Waals surface area contributed by atoms with Crippen LogP contribution in [0.1, 0.15) is 25.3 Å². The SMILES string of the molecule is CNC1CCN(CC(=N)/C=C(\NC2C=CC(C)=CC2)c2ccc(N)cc2)C1. The second-order valence-corrected chi connectivity index (χ2v) is 7.51. The van der Waals surface area contributed by atoms with Crippen molar-refractivity contribution in [3.8, 4) is 0 Å². The molecule has 3 rings (SSSR count). The number of likely N-dealkylation sites (N-methyl/N-ethyl adjacent to an activating group) is 1. The first-order valence-corrected chi connectivity index (χ1v) is 9.69. The van der Waals surface area contributed by atoms with Crippen LogP contribution in [0, 0.1) is 5.41 Å². The predicted octanol–water partition coefficient (Wildman–Crippen LogP) is 2.79. The molecule has 1 fully saturated rings. The highest BCUT2D eigenvalue weighted by Gasteiger charge is 2.21. The van der Waals surface area contributed by atoms with E-state index in [4.69, 9.17) is 11.1 Å². The van der Waals surface area contributed by atoms with E-state index in [1.54, 1.807) is 0 Å². The van der Waals surface area contributed by atoms with Crippen LogP contribution >= 0.6 is 0 Å². The number of benzene rings is 1. The molecular weight excluding hydrogens is 334 g/mol. The van der Waals surface area contributed by atoms with Crippen molar-refractivity contribution in [3.63, 3.8) is 0 Å². The van der Waals surface area contributed by atoms with E-state index in [1.807, 2.05) is 37.4 Å². The highest BCUT2D eigenvalue weighted by atomic mass is 15.2. The first kappa shape index (κ1) is 19.4. The minimum atomic E-state index is 0.241. The summed E-state index contributed by atoms with van der Waals surface area (Å²) >= 11 is 0. The minimum absolute atomic E-state index is 0.241. The van der Waals surface area contributed by atoms with E-state index in [-0.39, 0.29) is 6.04 Å². The van der Waals surface area contributed by atoms with Gasteiger partial charge in [0.25, 0.3) is 0 Å². The molecule has 2 aliphatic rings. The molecule has 2 atom stereocenters. The summed E-state index contributed by atoms with van der Waals surface area (Å²) in [5.41, 5.74) is 10.6. The van der Waals surface area contributed by atoms with Crippen LogP contribution in [-0.2, 0) is 0 Å². The number of anilines is 1. The monoisotopic (exact) mass is 365 g/mol. The van der Waals surface area contributed by atoms with Gasteiger partial charge in [-0.2, -0.15) is 0 Å². The largest absolute Gasteiger partial charge is 0.399 e. The Morgan fingerprint density at radius 2 is 2.11 bits per heavy atom. The summed E-state index contributed by atoms with van der Waals surface area (Å²) in [6.45, 7) is 4.85. The summed E-state index contributed by atoms with van der Waals surface area (Å²) in [7, 11) is 2.01. The summed E-state index contributed by atoms with van der Waals surface area (Å²) in [5.74, 6) is 0. The van der Waals surface area contributed by atoms with Gasteiger partial charge in [-0.3, -0.25) is 4.90 Å². The van der Waals surface area contributed by atoms with Crippen LogP contribution in [0.5, 0.6) is 0 Å². The van der Waals surface area contributed by atoms with Crippen LogP contribution < -0.4 is 16.4 Å². The highest BCUT2D eigenvalue weighted by Crippen LogP contribution is 2.18. The number of nitrogens with one attached hydrogen (secondary N) is 3. The first-order chi connectivity index (χ1) is 13.0. The van der Waals surface area contributed by atoms with Crippen LogP contribution in [0.25, 0.3) is 5.70 Å². The van der Waals surface area contributed by atoms with E-state index in [0.717, 1.165) is 42.9 Å². The Hall–Kier alpha value is -2.37. The Balaban J connectivity index is 1.72. The Bertz CT molecular complexity index is 744. The molecule has 0 amide bonds. The van der Waals surface area contributed by atoms with E-state index in [2.05, 4.69) is 40.7 Å². The molecule has 0 bridgehead atoms. The molecule has 1 heterocycles. The normalized spacial score (nSPS) is 23.3. The van der Waals surface area contributed by atoms with Crippen LogP contribution in [0.4, 0.5) is 5.69 Å². The number of likely N-dealkylation sites (tertiary alicyclic amines) is 1. The third kappa shape index (κ3) is 5.55. The maximum Gasteiger partial charge on any atom is 0.0482 e. The maximum absolute atomic E-state index is 8.51. The van der Waals surface area contributed by atoms with Gasteiger partial charge in [-0.05, 0) is 50.6 Å². The van der Waals surface area contributed by atoms with Crippen molar-refractivity contribution in [2.75, 3.05) is 32.4 Å². The van der Waals surface area contributed by atoms with E-state index in [9.17, 15) is 0 Å². The van der Waals surface area contributed by atoms with Crippen LogP contribution in [0.15, 0.2) is 54.1 Å². The topological polar surface area (TPSA) is 77.2 Å². The molecular formula is C22H31N5. The standard InChI is InChI=1S/C22H31N5/c1-16-3-9-20(10-4-16)26-22(17-5-7-18(23)8-6-17)13-19(24)14-27-12-11-21(15-27)25-2/h3-9,13,20-21,24-26H,10-12,14-15,23H2,1-2H3/b22-13-,24-19?. The fourth-order valence-corrected chi connectivity index (χ4v) is 3.58. The number of hydrogen-bond donors (Lipinski definition) is 4. The molecule has 1 aliphatic carbocycles. The zero-order chi connectivity index (χ0) is 19.2.